The molecule has 2 atom stereocenters. The Kier molecular flexibility index (Phi) is 4.20. The van der Waals surface area contributed by atoms with Crippen LogP contribution in [-0.4, -0.2) is 33.5 Å². The highest BCUT2D eigenvalue weighted by molar-refractivity contribution is 5.92. The zero-order valence-corrected chi connectivity index (χ0v) is 12.6. The van der Waals surface area contributed by atoms with E-state index >= 15 is 0 Å². The maximum Gasteiger partial charge on any atom is 0.272 e. The van der Waals surface area contributed by atoms with Gasteiger partial charge in [0.1, 0.15) is 5.69 Å². The number of hydrogen-bond donors (Lipinski definition) is 1. The van der Waals surface area contributed by atoms with Crippen molar-refractivity contribution >= 4 is 5.91 Å². The average Bonchev–Trinajstić information content (AvgIpc) is 2.90. The third kappa shape index (κ3) is 2.62. The van der Waals surface area contributed by atoms with Gasteiger partial charge >= 0.3 is 0 Å². The summed E-state index contributed by atoms with van der Waals surface area (Å²) in [5.74, 6) is -0.112. The van der Waals surface area contributed by atoms with E-state index in [0.29, 0.717) is 18.7 Å². The van der Waals surface area contributed by atoms with Gasteiger partial charge in [-0.1, -0.05) is 37.3 Å². The zero-order valence-electron chi connectivity index (χ0n) is 12.6. The maximum atomic E-state index is 12.8. The van der Waals surface area contributed by atoms with Crippen molar-refractivity contribution < 1.29 is 9.90 Å². The molecule has 1 aromatic heterocycles. The summed E-state index contributed by atoms with van der Waals surface area (Å²) in [5, 5.41) is 10.6. The lowest BCUT2D eigenvalue weighted by Gasteiger charge is -2.30. The van der Waals surface area contributed by atoms with Crippen LogP contribution in [0.5, 0.6) is 0 Å². The highest BCUT2D eigenvalue weighted by atomic mass is 16.3. The van der Waals surface area contributed by atoms with E-state index in [1.807, 2.05) is 37.3 Å². The molecule has 4 nitrogen and oxygen atoms in total. The molecule has 3 rings (SSSR count). The predicted octanol–water partition coefficient (Wildman–Crippen LogP) is 2.59. The van der Waals surface area contributed by atoms with Gasteiger partial charge in [0.25, 0.3) is 5.91 Å². The Labute approximate surface area is 130 Å². The minimum absolute atomic E-state index is 0.112. The monoisotopic (exact) mass is 296 g/mol. The lowest BCUT2D eigenvalue weighted by molar-refractivity contribution is 0.0407. The van der Waals surface area contributed by atoms with Crippen LogP contribution in [0.1, 0.15) is 41.1 Å². The molecule has 2 unspecified atom stereocenters. The van der Waals surface area contributed by atoms with E-state index in [1.165, 1.54) is 0 Å². The van der Waals surface area contributed by atoms with Crippen LogP contribution in [0.2, 0.25) is 0 Å². The molecule has 1 aliphatic carbocycles. The molecule has 1 heterocycles. The van der Waals surface area contributed by atoms with E-state index in [1.54, 1.807) is 23.2 Å². The van der Waals surface area contributed by atoms with Gasteiger partial charge in [0, 0.05) is 12.7 Å². The van der Waals surface area contributed by atoms with Crippen LogP contribution in [0, 0.1) is 0 Å². The lowest BCUT2D eigenvalue weighted by Crippen LogP contribution is -2.43. The minimum Gasteiger partial charge on any atom is -0.386 e. The first-order chi connectivity index (χ1) is 10.7. The van der Waals surface area contributed by atoms with Gasteiger partial charge in [0.05, 0.1) is 12.1 Å². The molecule has 0 saturated heterocycles. The lowest BCUT2D eigenvalue weighted by atomic mass is 10.1. The number of hydrogen-bond acceptors (Lipinski definition) is 3. The molecule has 0 fully saturated rings. The van der Waals surface area contributed by atoms with Gasteiger partial charge in [-0.05, 0) is 36.1 Å². The second-order valence-corrected chi connectivity index (χ2v) is 5.63. The third-order valence-corrected chi connectivity index (χ3v) is 4.18. The van der Waals surface area contributed by atoms with Crippen molar-refractivity contribution in [2.45, 2.75) is 31.9 Å². The van der Waals surface area contributed by atoms with Crippen molar-refractivity contribution in [2.24, 2.45) is 0 Å². The fourth-order valence-corrected chi connectivity index (χ4v) is 3.13. The smallest absolute Gasteiger partial charge is 0.272 e. The number of carbonyl (C=O) groups excluding carboxylic acids is 1. The van der Waals surface area contributed by atoms with Gasteiger partial charge in [0.15, 0.2) is 0 Å². The molecule has 0 spiro atoms. The van der Waals surface area contributed by atoms with E-state index in [0.717, 1.165) is 17.5 Å². The molecule has 0 saturated carbocycles. The van der Waals surface area contributed by atoms with Crippen LogP contribution >= 0.6 is 0 Å². The van der Waals surface area contributed by atoms with Gasteiger partial charge in [-0.25, -0.2) is 0 Å². The number of pyridine rings is 1. The number of rotatable bonds is 4. The number of benzene rings is 1. The van der Waals surface area contributed by atoms with E-state index in [2.05, 4.69) is 4.98 Å². The Morgan fingerprint density at radius 2 is 2.05 bits per heavy atom. The summed E-state index contributed by atoms with van der Waals surface area (Å²) in [5.41, 5.74) is 2.48. The van der Waals surface area contributed by atoms with Crippen LogP contribution in [0.15, 0.2) is 48.7 Å². The first kappa shape index (κ1) is 14.7. The van der Waals surface area contributed by atoms with Crippen molar-refractivity contribution in [1.29, 1.82) is 0 Å². The predicted molar refractivity (Wildman–Crippen MR) is 84.5 cm³/mol. The quantitative estimate of drug-likeness (QED) is 0.943. The largest absolute Gasteiger partial charge is 0.386 e. The second kappa shape index (κ2) is 6.28. The molecule has 4 heteroatoms. The van der Waals surface area contributed by atoms with Crippen LogP contribution in [0.3, 0.4) is 0 Å². The van der Waals surface area contributed by atoms with Crippen molar-refractivity contribution in [1.82, 2.24) is 9.88 Å². The summed E-state index contributed by atoms with van der Waals surface area (Å²) in [6.45, 7) is 2.65. The first-order valence-corrected chi connectivity index (χ1v) is 7.70. The van der Waals surface area contributed by atoms with Crippen molar-refractivity contribution in [3.8, 4) is 0 Å². The molecular formula is C18H20N2O2. The fourth-order valence-electron chi connectivity index (χ4n) is 3.13. The molecule has 1 N–H and O–H groups in total. The van der Waals surface area contributed by atoms with Crippen molar-refractivity contribution in [3.63, 3.8) is 0 Å². The van der Waals surface area contributed by atoms with E-state index < -0.39 is 6.10 Å². The highest BCUT2D eigenvalue weighted by Crippen LogP contribution is 2.34. The molecule has 114 valence electrons. The van der Waals surface area contributed by atoms with E-state index in [-0.39, 0.29) is 11.9 Å². The molecular weight excluding hydrogens is 276 g/mol. The van der Waals surface area contributed by atoms with E-state index in [9.17, 15) is 9.90 Å². The van der Waals surface area contributed by atoms with Crippen molar-refractivity contribution in [3.05, 3.63) is 65.5 Å². The Morgan fingerprint density at radius 3 is 2.73 bits per heavy atom. The number of nitrogens with zero attached hydrogens (tertiary/aromatic N) is 2. The fraction of sp³-hybridized carbons (Fsp3) is 0.333. The van der Waals surface area contributed by atoms with Crippen molar-refractivity contribution in [2.75, 3.05) is 6.54 Å². The maximum absolute atomic E-state index is 12.8. The molecule has 0 radical (unpaired) electrons. The number of aliphatic hydroxyl groups is 1. The number of fused-ring (bicyclic) bond motifs is 1. The van der Waals surface area contributed by atoms with Gasteiger partial charge in [0.2, 0.25) is 0 Å². The standard InChI is InChI=1S/C18H20N2O2/c1-2-11-20(18(22)15-9-5-6-10-19-15)16-12-13-7-3-4-8-14(13)17(16)21/h3-10,16-17,21H,2,11-12H2,1H3. The summed E-state index contributed by atoms with van der Waals surface area (Å²) in [7, 11) is 0. The number of carbonyl (C=O) groups is 1. The van der Waals surface area contributed by atoms with Gasteiger partial charge in [-0.3, -0.25) is 9.78 Å². The number of aromatic nitrogens is 1. The van der Waals surface area contributed by atoms with Crippen LogP contribution in [-0.2, 0) is 6.42 Å². The Balaban J connectivity index is 1.88. The Morgan fingerprint density at radius 1 is 1.27 bits per heavy atom. The third-order valence-electron chi connectivity index (χ3n) is 4.18. The summed E-state index contributed by atoms with van der Waals surface area (Å²) in [4.78, 5) is 18.7. The van der Waals surface area contributed by atoms with E-state index in [4.69, 9.17) is 0 Å². The van der Waals surface area contributed by atoms with Gasteiger partial charge < -0.3 is 10.0 Å². The first-order valence-electron chi connectivity index (χ1n) is 7.70. The van der Waals surface area contributed by atoms with Crippen LogP contribution in [0.4, 0.5) is 0 Å². The second-order valence-electron chi connectivity index (χ2n) is 5.63. The van der Waals surface area contributed by atoms with Crippen LogP contribution < -0.4 is 0 Å². The van der Waals surface area contributed by atoms with Crippen LogP contribution in [0.25, 0.3) is 0 Å². The van der Waals surface area contributed by atoms with Gasteiger partial charge in [-0.2, -0.15) is 0 Å². The number of aliphatic hydroxyl groups excluding tert-OH is 1. The normalized spacial score (nSPS) is 19.7. The summed E-state index contributed by atoms with van der Waals surface area (Å²) >= 11 is 0. The topological polar surface area (TPSA) is 53.4 Å². The summed E-state index contributed by atoms with van der Waals surface area (Å²) in [6, 6.07) is 13.0. The molecule has 0 bridgehead atoms. The number of amides is 1. The molecule has 1 amide bonds. The molecule has 2 aromatic rings. The molecule has 1 aromatic carbocycles. The Bertz CT molecular complexity index is 657. The molecule has 22 heavy (non-hydrogen) atoms. The average molecular weight is 296 g/mol. The zero-order chi connectivity index (χ0) is 15.5. The Hall–Kier alpha value is -2.20. The van der Waals surface area contributed by atoms with Gasteiger partial charge in [-0.15, -0.1) is 0 Å². The minimum atomic E-state index is -0.629. The highest BCUT2D eigenvalue weighted by Gasteiger charge is 2.37. The molecule has 1 aliphatic rings. The summed E-state index contributed by atoms with van der Waals surface area (Å²) in [6.07, 6.45) is 2.53. The summed E-state index contributed by atoms with van der Waals surface area (Å²) < 4.78 is 0. The molecule has 0 aliphatic heterocycles. The SMILES string of the molecule is CCCN(C(=O)c1ccccn1)C1Cc2ccccc2C1O.